The van der Waals surface area contributed by atoms with E-state index in [2.05, 4.69) is 42.7 Å². The van der Waals surface area contributed by atoms with Crippen molar-refractivity contribution in [3.63, 3.8) is 0 Å². The number of esters is 2. The van der Waals surface area contributed by atoms with E-state index in [4.69, 9.17) is 24.0 Å². The number of epoxide rings is 1. The van der Waals surface area contributed by atoms with Gasteiger partial charge >= 0.3 is 19.8 Å². The maximum absolute atomic E-state index is 12.3. The zero-order valence-electron chi connectivity index (χ0n) is 28.2. The lowest BCUT2D eigenvalue weighted by atomic mass is 10.1. The van der Waals surface area contributed by atoms with E-state index in [0.29, 0.717) is 25.0 Å². The monoisotopic (exact) mass is 658 g/mol. The number of rotatable bonds is 31. The normalized spacial score (nSPS) is 17.2. The van der Waals surface area contributed by atoms with Gasteiger partial charge in [-0.15, -0.1) is 0 Å². The van der Waals surface area contributed by atoms with Crippen molar-refractivity contribution in [2.45, 2.75) is 173 Å². The van der Waals surface area contributed by atoms with E-state index >= 15 is 0 Å². The molecule has 1 saturated heterocycles. The van der Waals surface area contributed by atoms with Gasteiger partial charge in [0.25, 0.3) is 0 Å². The van der Waals surface area contributed by atoms with Crippen molar-refractivity contribution in [3.8, 4) is 0 Å². The molecule has 10 heteroatoms. The fraction of sp³-hybridized carbons (Fsp3) is 0.829. The van der Waals surface area contributed by atoms with Crippen LogP contribution in [0.1, 0.15) is 155 Å². The fourth-order valence-corrected chi connectivity index (χ4v) is 5.43. The topological polar surface area (TPSA) is 132 Å². The minimum atomic E-state index is -4.75. The number of ether oxygens (including phenoxy) is 3. The van der Waals surface area contributed by atoms with Crippen LogP contribution in [0.2, 0.25) is 0 Å². The number of carbonyl (C=O) groups is 2. The van der Waals surface area contributed by atoms with Crippen LogP contribution < -0.4 is 0 Å². The molecule has 0 aromatic heterocycles. The Morgan fingerprint density at radius 3 is 1.87 bits per heavy atom. The summed E-state index contributed by atoms with van der Waals surface area (Å²) < 4.78 is 31.9. The van der Waals surface area contributed by atoms with Gasteiger partial charge in [0.2, 0.25) is 0 Å². The van der Waals surface area contributed by atoms with Crippen LogP contribution in [0, 0.1) is 0 Å². The van der Waals surface area contributed by atoms with E-state index in [1.165, 1.54) is 38.5 Å². The lowest BCUT2D eigenvalue weighted by molar-refractivity contribution is -0.161. The van der Waals surface area contributed by atoms with E-state index in [0.717, 1.165) is 77.0 Å². The molecule has 3 atom stereocenters. The molecular weight excluding hydrogens is 595 g/mol. The molecule has 1 heterocycles. The molecule has 262 valence electrons. The van der Waals surface area contributed by atoms with E-state index in [1.807, 2.05) is 0 Å². The van der Waals surface area contributed by atoms with Gasteiger partial charge in [-0.25, -0.2) is 4.57 Å². The van der Waals surface area contributed by atoms with Crippen molar-refractivity contribution in [3.05, 3.63) is 24.3 Å². The molecule has 0 aromatic carbocycles. The summed E-state index contributed by atoms with van der Waals surface area (Å²) in [5.74, 6) is -0.919. The second kappa shape index (κ2) is 27.6. The first-order valence-electron chi connectivity index (χ1n) is 17.8. The standard InChI is InChI=1S/C35H63O9P/c1-3-5-7-8-9-10-11-12-17-20-24-28-35(37)43-31(30-42-45(38,39)40)29-41-34(36)27-23-19-16-14-13-15-18-22-26-33-32(44-33)25-21-6-4-2/h8-9,18,22,31-33H,3-7,10-17,19-21,23-30H2,1-2H3,(H2,38,39,40)/b9-8-,22-18-/t31-,32?,33?/m1/s1. The molecule has 1 aliphatic rings. The molecule has 0 aromatic rings. The molecule has 1 aliphatic heterocycles. The molecule has 1 rings (SSSR count). The van der Waals surface area contributed by atoms with Gasteiger partial charge in [0.15, 0.2) is 6.10 Å². The van der Waals surface area contributed by atoms with Gasteiger partial charge in [-0.05, 0) is 57.8 Å². The first-order valence-corrected chi connectivity index (χ1v) is 19.3. The Morgan fingerprint density at radius 1 is 0.689 bits per heavy atom. The van der Waals surface area contributed by atoms with Gasteiger partial charge < -0.3 is 24.0 Å². The SMILES string of the molecule is CCCC/C=C\CCCCCCCC(=O)O[C@H](COC(=O)CCCCCCC/C=C\CC1OC1CCCCC)COP(=O)(O)O. The molecular formula is C35H63O9P. The second-order valence-corrected chi connectivity index (χ2v) is 13.5. The van der Waals surface area contributed by atoms with Gasteiger partial charge in [0.05, 0.1) is 18.8 Å². The van der Waals surface area contributed by atoms with Crippen LogP contribution in [0.3, 0.4) is 0 Å². The number of unbranched alkanes of at least 4 members (excludes halogenated alkanes) is 14. The van der Waals surface area contributed by atoms with Crippen LogP contribution in [0.5, 0.6) is 0 Å². The third kappa shape index (κ3) is 27.3. The maximum Gasteiger partial charge on any atom is 0.469 e. The molecule has 2 unspecified atom stereocenters. The van der Waals surface area contributed by atoms with Crippen LogP contribution in [0.15, 0.2) is 24.3 Å². The fourth-order valence-electron chi connectivity index (χ4n) is 5.06. The highest BCUT2D eigenvalue weighted by Gasteiger charge is 2.36. The summed E-state index contributed by atoms with van der Waals surface area (Å²) in [7, 11) is -4.75. The summed E-state index contributed by atoms with van der Waals surface area (Å²) in [5.41, 5.74) is 0. The van der Waals surface area contributed by atoms with Crippen LogP contribution >= 0.6 is 7.82 Å². The molecule has 0 radical (unpaired) electrons. The highest BCUT2D eigenvalue weighted by molar-refractivity contribution is 7.46. The maximum atomic E-state index is 12.3. The summed E-state index contributed by atoms with van der Waals surface area (Å²) in [5, 5.41) is 0. The Balaban J connectivity index is 2.11. The number of hydrogen-bond acceptors (Lipinski definition) is 7. The van der Waals surface area contributed by atoms with Crippen LogP contribution in [0.25, 0.3) is 0 Å². The predicted molar refractivity (Wildman–Crippen MR) is 179 cm³/mol. The zero-order chi connectivity index (χ0) is 33.0. The van der Waals surface area contributed by atoms with Crippen molar-refractivity contribution >= 4 is 19.8 Å². The first-order chi connectivity index (χ1) is 21.7. The number of carbonyl (C=O) groups excluding carboxylic acids is 2. The lowest BCUT2D eigenvalue weighted by Gasteiger charge is -2.18. The van der Waals surface area contributed by atoms with Crippen molar-refractivity contribution in [1.82, 2.24) is 0 Å². The van der Waals surface area contributed by atoms with Crippen molar-refractivity contribution in [2.75, 3.05) is 13.2 Å². The molecule has 9 nitrogen and oxygen atoms in total. The molecule has 0 spiro atoms. The third-order valence-electron chi connectivity index (χ3n) is 7.87. The van der Waals surface area contributed by atoms with Gasteiger partial charge in [-0.3, -0.25) is 14.1 Å². The number of allylic oxidation sites excluding steroid dienone is 3. The van der Waals surface area contributed by atoms with Gasteiger partial charge in [-0.1, -0.05) is 109 Å². The van der Waals surface area contributed by atoms with Gasteiger partial charge in [0.1, 0.15) is 6.61 Å². The number of phosphoric acid groups is 1. The van der Waals surface area contributed by atoms with Crippen molar-refractivity contribution in [1.29, 1.82) is 0 Å². The van der Waals surface area contributed by atoms with E-state index < -0.39 is 32.5 Å². The van der Waals surface area contributed by atoms with Crippen molar-refractivity contribution in [2.24, 2.45) is 0 Å². The quantitative estimate of drug-likeness (QED) is 0.0246. The summed E-state index contributed by atoms with van der Waals surface area (Å²) in [4.78, 5) is 42.6. The highest BCUT2D eigenvalue weighted by atomic mass is 31.2. The molecule has 2 N–H and O–H groups in total. The van der Waals surface area contributed by atoms with Crippen molar-refractivity contribution < 1.29 is 42.7 Å². The summed E-state index contributed by atoms with van der Waals surface area (Å²) in [6.07, 6.45) is 30.7. The Morgan fingerprint density at radius 2 is 1.24 bits per heavy atom. The number of phosphoric ester groups is 1. The molecule has 0 bridgehead atoms. The summed E-state index contributed by atoms with van der Waals surface area (Å²) in [6, 6.07) is 0. The van der Waals surface area contributed by atoms with Crippen LogP contribution in [-0.2, 0) is 32.9 Å². The molecule has 1 fully saturated rings. The lowest BCUT2D eigenvalue weighted by Crippen LogP contribution is -2.29. The first kappa shape index (κ1) is 41.5. The van der Waals surface area contributed by atoms with E-state index in [9.17, 15) is 14.2 Å². The molecule has 0 amide bonds. The summed E-state index contributed by atoms with van der Waals surface area (Å²) in [6.45, 7) is 3.57. The van der Waals surface area contributed by atoms with Gasteiger partial charge in [-0.2, -0.15) is 0 Å². The zero-order valence-corrected chi connectivity index (χ0v) is 29.1. The minimum absolute atomic E-state index is 0.196. The molecule has 0 aliphatic carbocycles. The molecule has 45 heavy (non-hydrogen) atoms. The highest BCUT2D eigenvalue weighted by Crippen LogP contribution is 2.36. The Hall–Kier alpha value is -1.51. The second-order valence-electron chi connectivity index (χ2n) is 12.2. The average molecular weight is 659 g/mol. The largest absolute Gasteiger partial charge is 0.469 e. The Labute approximate surface area is 273 Å². The summed E-state index contributed by atoms with van der Waals surface area (Å²) >= 11 is 0. The average Bonchev–Trinajstić information content (AvgIpc) is 3.75. The van der Waals surface area contributed by atoms with E-state index in [-0.39, 0.29) is 19.4 Å². The van der Waals surface area contributed by atoms with Crippen LogP contribution in [-0.4, -0.2) is 53.3 Å². The third-order valence-corrected chi connectivity index (χ3v) is 8.35. The van der Waals surface area contributed by atoms with Crippen LogP contribution in [0.4, 0.5) is 0 Å². The predicted octanol–water partition coefficient (Wildman–Crippen LogP) is 9.05. The molecule has 0 saturated carbocycles. The Kier molecular flexibility index (Phi) is 25.5. The number of hydrogen-bond donors (Lipinski definition) is 2. The smallest absolute Gasteiger partial charge is 0.462 e. The Bertz CT molecular complexity index is 854. The van der Waals surface area contributed by atoms with E-state index in [1.54, 1.807) is 0 Å². The van der Waals surface area contributed by atoms with Gasteiger partial charge in [0, 0.05) is 12.8 Å². The minimum Gasteiger partial charge on any atom is -0.462 e.